The van der Waals surface area contributed by atoms with Crippen LogP contribution in [0.15, 0.2) is 25.0 Å². The quantitative estimate of drug-likeness (QED) is 0.236. The fourth-order valence-corrected chi connectivity index (χ4v) is 6.68. The number of rotatable bonds is 16. The molecule has 2 aliphatic rings. The third-order valence-electron chi connectivity index (χ3n) is 8.88. The molecule has 2 fully saturated rings. The second-order valence-electron chi connectivity index (χ2n) is 11.4. The van der Waals surface area contributed by atoms with Gasteiger partial charge in [0.25, 0.3) is 0 Å². The summed E-state index contributed by atoms with van der Waals surface area (Å²) in [6, 6.07) is 0. The number of hydrogen-bond acceptors (Lipinski definition) is 3. The van der Waals surface area contributed by atoms with Gasteiger partial charge < -0.3 is 14.7 Å². The molecule has 2 aliphatic carbocycles. The molecule has 4 rings (SSSR count). The molecule has 0 bridgehead atoms. The van der Waals surface area contributed by atoms with E-state index >= 15 is 0 Å². The van der Waals surface area contributed by atoms with Gasteiger partial charge in [-0.2, -0.15) is 0 Å². The highest BCUT2D eigenvalue weighted by molar-refractivity contribution is 5.04. The first-order valence-electron chi connectivity index (χ1n) is 14.9. The summed E-state index contributed by atoms with van der Waals surface area (Å²) >= 11 is 0. The monoisotopic (exact) mass is 482 g/mol. The van der Waals surface area contributed by atoms with Crippen LogP contribution in [0.5, 0.6) is 0 Å². The van der Waals surface area contributed by atoms with Crippen LogP contribution in [0.3, 0.4) is 0 Å². The number of hydrogen-bond donors (Lipinski definition) is 2. The Labute approximate surface area is 213 Å². The average Bonchev–Trinajstić information content (AvgIpc) is 3.63. The standard InChI is InChI=1S/C30H50N4O/c1-3-9-25(10-4-1)13-7-15-27(29-21-31-23-33-29)17-19-35-20-18-28(30-22-32-24-34-30)16-8-14-26-11-5-2-6-12-26/h21-28H,1-20H2,(H,31,33)(H,32,34). The largest absolute Gasteiger partial charge is 0.381 e. The van der Waals surface area contributed by atoms with Crippen molar-refractivity contribution in [1.29, 1.82) is 0 Å². The number of imidazole rings is 2. The molecule has 2 aromatic rings. The maximum atomic E-state index is 6.21. The molecule has 2 saturated carbocycles. The Kier molecular flexibility index (Phi) is 11.7. The zero-order valence-corrected chi connectivity index (χ0v) is 22.1. The Bertz CT molecular complexity index is 683. The van der Waals surface area contributed by atoms with Gasteiger partial charge in [0, 0.05) is 37.4 Å². The smallest absolute Gasteiger partial charge is 0.0923 e. The summed E-state index contributed by atoms with van der Waals surface area (Å²) in [7, 11) is 0. The van der Waals surface area contributed by atoms with E-state index in [2.05, 4.69) is 32.3 Å². The Morgan fingerprint density at radius 3 is 1.51 bits per heavy atom. The van der Waals surface area contributed by atoms with Gasteiger partial charge in [0.15, 0.2) is 0 Å². The van der Waals surface area contributed by atoms with Crippen LogP contribution >= 0.6 is 0 Å². The van der Waals surface area contributed by atoms with Crippen LogP contribution in [0.2, 0.25) is 0 Å². The minimum absolute atomic E-state index is 0.516. The third kappa shape index (κ3) is 9.40. The van der Waals surface area contributed by atoms with Crippen molar-refractivity contribution in [1.82, 2.24) is 19.9 Å². The van der Waals surface area contributed by atoms with Crippen molar-refractivity contribution >= 4 is 0 Å². The normalized spacial score (nSPS) is 19.7. The first-order chi connectivity index (χ1) is 17.4. The molecule has 196 valence electrons. The molecule has 0 amide bonds. The van der Waals surface area contributed by atoms with Crippen molar-refractivity contribution in [2.24, 2.45) is 11.8 Å². The van der Waals surface area contributed by atoms with E-state index in [1.54, 1.807) is 0 Å². The number of aromatic amines is 2. The number of aromatic nitrogens is 4. The molecule has 5 nitrogen and oxygen atoms in total. The molecule has 2 atom stereocenters. The number of nitrogens with zero attached hydrogens (tertiary/aromatic N) is 2. The summed E-state index contributed by atoms with van der Waals surface area (Å²) in [6.07, 6.45) is 32.4. The van der Waals surface area contributed by atoms with E-state index in [1.807, 2.05) is 12.7 Å². The van der Waals surface area contributed by atoms with Gasteiger partial charge in [-0.15, -0.1) is 0 Å². The molecule has 0 radical (unpaired) electrons. The zero-order valence-electron chi connectivity index (χ0n) is 22.1. The van der Waals surface area contributed by atoms with Gasteiger partial charge in [0.2, 0.25) is 0 Å². The molecule has 0 aliphatic heterocycles. The second kappa shape index (κ2) is 15.5. The van der Waals surface area contributed by atoms with Crippen molar-refractivity contribution in [2.75, 3.05) is 13.2 Å². The zero-order chi connectivity index (χ0) is 24.0. The number of H-pyrrole nitrogens is 2. The van der Waals surface area contributed by atoms with E-state index < -0.39 is 0 Å². The molecule has 0 saturated heterocycles. The van der Waals surface area contributed by atoms with Crippen LogP contribution in [-0.2, 0) is 4.74 Å². The van der Waals surface area contributed by atoms with Crippen LogP contribution in [0.25, 0.3) is 0 Å². The van der Waals surface area contributed by atoms with Gasteiger partial charge in [-0.3, -0.25) is 0 Å². The third-order valence-corrected chi connectivity index (χ3v) is 8.88. The Morgan fingerprint density at radius 1 is 0.657 bits per heavy atom. The second-order valence-corrected chi connectivity index (χ2v) is 11.4. The lowest BCUT2D eigenvalue weighted by molar-refractivity contribution is 0.117. The molecule has 2 aromatic heterocycles. The topological polar surface area (TPSA) is 66.6 Å². The maximum Gasteiger partial charge on any atom is 0.0923 e. The van der Waals surface area contributed by atoms with Crippen LogP contribution in [-0.4, -0.2) is 33.1 Å². The van der Waals surface area contributed by atoms with E-state index in [4.69, 9.17) is 4.74 Å². The summed E-state index contributed by atoms with van der Waals surface area (Å²) in [5, 5.41) is 0. The minimum Gasteiger partial charge on any atom is -0.381 e. The molecular weight excluding hydrogens is 432 g/mol. The Balaban J connectivity index is 1.15. The van der Waals surface area contributed by atoms with Gasteiger partial charge >= 0.3 is 0 Å². The number of nitrogens with one attached hydrogen (secondary N) is 2. The van der Waals surface area contributed by atoms with Crippen molar-refractivity contribution in [3.63, 3.8) is 0 Å². The van der Waals surface area contributed by atoms with E-state index in [9.17, 15) is 0 Å². The molecule has 0 aromatic carbocycles. The summed E-state index contributed by atoms with van der Waals surface area (Å²) in [6.45, 7) is 1.66. The van der Waals surface area contributed by atoms with Crippen LogP contribution in [0.1, 0.15) is 139 Å². The van der Waals surface area contributed by atoms with Gasteiger partial charge in [-0.05, 0) is 37.5 Å². The lowest BCUT2D eigenvalue weighted by atomic mass is 9.84. The number of ether oxygens (including phenoxy) is 1. The average molecular weight is 483 g/mol. The lowest BCUT2D eigenvalue weighted by Gasteiger charge is -2.23. The highest BCUT2D eigenvalue weighted by Gasteiger charge is 2.19. The highest BCUT2D eigenvalue weighted by Crippen LogP contribution is 2.32. The molecule has 0 spiro atoms. The summed E-state index contributed by atoms with van der Waals surface area (Å²) in [4.78, 5) is 15.5. The van der Waals surface area contributed by atoms with Crippen LogP contribution in [0.4, 0.5) is 0 Å². The SMILES string of the molecule is c1nc(C(CCCC2CCCCC2)CCOCCC(CCCC2CCCCC2)c2c[nH]cn2)c[nH]1. The molecule has 35 heavy (non-hydrogen) atoms. The summed E-state index contributed by atoms with van der Waals surface area (Å²) < 4.78 is 6.21. The van der Waals surface area contributed by atoms with E-state index in [-0.39, 0.29) is 0 Å². The Morgan fingerprint density at radius 2 is 1.11 bits per heavy atom. The minimum atomic E-state index is 0.516. The van der Waals surface area contributed by atoms with Crippen LogP contribution < -0.4 is 0 Å². The van der Waals surface area contributed by atoms with Crippen LogP contribution in [0, 0.1) is 11.8 Å². The van der Waals surface area contributed by atoms with E-state index in [0.29, 0.717) is 11.8 Å². The predicted octanol–water partition coefficient (Wildman–Crippen LogP) is 8.30. The molecular formula is C30H50N4O. The fraction of sp³-hybridized carbons (Fsp3) is 0.800. The molecule has 5 heteroatoms. The fourth-order valence-electron chi connectivity index (χ4n) is 6.68. The van der Waals surface area contributed by atoms with Crippen molar-refractivity contribution in [2.45, 2.75) is 127 Å². The van der Waals surface area contributed by atoms with Gasteiger partial charge in [-0.1, -0.05) is 89.9 Å². The summed E-state index contributed by atoms with van der Waals surface area (Å²) in [5.74, 6) is 2.97. The summed E-state index contributed by atoms with van der Waals surface area (Å²) in [5.41, 5.74) is 2.43. The first kappa shape index (κ1) is 26.4. The van der Waals surface area contributed by atoms with E-state index in [1.165, 1.54) is 114 Å². The predicted molar refractivity (Wildman–Crippen MR) is 144 cm³/mol. The molecule has 2 unspecified atom stereocenters. The van der Waals surface area contributed by atoms with Crippen molar-refractivity contribution in [3.8, 4) is 0 Å². The maximum absolute atomic E-state index is 6.21. The van der Waals surface area contributed by atoms with Crippen molar-refractivity contribution in [3.05, 3.63) is 36.4 Å². The molecule has 2 heterocycles. The van der Waals surface area contributed by atoms with Crippen molar-refractivity contribution < 1.29 is 4.74 Å². The first-order valence-corrected chi connectivity index (χ1v) is 14.9. The Hall–Kier alpha value is -1.62. The van der Waals surface area contributed by atoms with Gasteiger partial charge in [0.1, 0.15) is 0 Å². The molecule has 2 N–H and O–H groups in total. The lowest BCUT2D eigenvalue weighted by Crippen LogP contribution is -2.11. The highest BCUT2D eigenvalue weighted by atomic mass is 16.5. The van der Waals surface area contributed by atoms with E-state index in [0.717, 1.165) is 37.9 Å². The van der Waals surface area contributed by atoms with Gasteiger partial charge in [-0.25, -0.2) is 9.97 Å². The van der Waals surface area contributed by atoms with Gasteiger partial charge in [0.05, 0.1) is 24.0 Å².